The van der Waals surface area contributed by atoms with Crippen molar-refractivity contribution >= 4 is 11.6 Å². The van der Waals surface area contributed by atoms with Gasteiger partial charge < -0.3 is 5.11 Å². The lowest BCUT2D eigenvalue weighted by molar-refractivity contribution is 0.108. The predicted molar refractivity (Wildman–Crippen MR) is 80.4 cm³/mol. The molecule has 2 unspecified atom stereocenters. The Morgan fingerprint density at radius 1 is 1.40 bits per heavy atom. The van der Waals surface area contributed by atoms with Gasteiger partial charge in [-0.25, -0.2) is 4.39 Å². The fourth-order valence-electron chi connectivity index (χ4n) is 2.97. The summed E-state index contributed by atoms with van der Waals surface area (Å²) in [5, 5.41) is 10.2. The van der Waals surface area contributed by atoms with Gasteiger partial charge in [-0.3, -0.25) is 4.90 Å². The molecule has 4 heteroatoms. The number of nitrogens with zero attached hydrogens (tertiary/aromatic N) is 1. The van der Waals surface area contributed by atoms with Crippen LogP contribution < -0.4 is 0 Å². The number of likely N-dealkylation sites (tertiary alicyclic amines) is 1. The van der Waals surface area contributed by atoms with Gasteiger partial charge in [0, 0.05) is 17.6 Å². The van der Waals surface area contributed by atoms with Crippen molar-refractivity contribution < 1.29 is 9.50 Å². The second-order valence-electron chi connectivity index (χ2n) is 5.79. The molecule has 1 aliphatic heterocycles. The third kappa shape index (κ3) is 4.44. The van der Waals surface area contributed by atoms with Crippen molar-refractivity contribution in [2.24, 2.45) is 0 Å². The SMILES string of the molecule is CC(O)CC1CCCCCN1Cc1ccc(F)cc1Cl. The van der Waals surface area contributed by atoms with Crippen molar-refractivity contribution in [3.05, 3.63) is 34.6 Å². The van der Waals surface area contributed by atoms with Gasteiger partial charge in [0.05, 0.1) is 6.10 Å². The highest BCUT2D eigenvalue weighted by Crippen LogP contribution is 2.25. The minimum atomic E-state index is -0.296. The highest BCUT2D eigenvalue weighted by molar-refractivity contribution is 6.31. The van der Waals surface area contributed by atoms with E-state index < -0.39 is 0 Å². The molecule has 1 aromatic rings. The number of aliphatic hydroxyl groups is 1. The van der Waals surface area contributed by atoms with Crippen LogP contribution >= 0.6 is 11.6 Å². The second-order valence-corrected chi connectivity index (χ2v) is 6.20. The molecule has 0 bridgehead atoms. The zero-order chi connectivity index (χ0) is 14.5. The molecular weight excluding hydrogens is 277 g/mol. The van der Waals surface area contributed by atoms with Crippen LogP contribution in [-0.4, -0.2) is 28.7 Å². The quantitative estimate of drug-likeness (QED) is 0.908. The molecule has 1 N–H and O–H groups in total. The van der Waals surface area contributed by atoms with Crippen LogP contribution in [-0.2, 0) is 6.54 Å². The lowest BCUT2D eigenvalue weighted by atomic mass is 10.0. The third-order valence-corrected chi connectivity index (χ3v) is 4.35. The van der Waals surface area contributed by atoms with E-state index in [1.807, 2.05) is 6.92 Å². The topological polar surface area (TPSA) is 23.5 Å². The number of halogens is 2. The van der Waals surface area contributed by atoms with Gasteiger partial charge in [0.25, 0.3) is 0 Å². The van der Waals surface area contributed by atoms with Crippen LogP contribution in [0.25, 0.3) is 0 Å². The summed E-state index contributed by atoms with van der Waals surface area (Å²) in [5.74, 6) is -0.296. The fraction of sp³-hybridized carbons (Fsp3) is 0.625. The first-order valence-corrected chi connectivity index (χ1v) is 7.80. The van der Waals surface area contributed by atoms with Crippen molar-refractivity contribution in [3.63, 3.8) is 0 Å². The highest BCUT2D eigenvalue weighted by atomic mass is 35.5. The van der Waals surface area contributed by atoms with Gasteiger partial charge in [-0.2, -0.15) is 0 Å². The summed E-state index contributed by atoms with van der Waals surface area (Å²) in [6.07, 6.45) is 5.25. The van der Waals surface area contributed by atoms with Crippen LogP contribution in [0.5, 0.6) is 0 Å². The van der Waals surface area contributed by atoms with Crippen LogP contribution in [0.1, 0.15) is 44.6 Å². The molecule has 20 heavy (non-hydrogen) atoms. The molecule has 0 spiro atoms. The molecule has 0 saturated carbocycles. The number of rotatable bonds is 4. The minimum absolute atomic E-state index is 0.288. The number of hydrogen-bond donors (Lipinski definition) is 1. The van der Waals surface area contributed by atoms with E-state index in [9.17, 15) is 9.50 Å². The molecule has 2 nitrogen and oxygen atoms in total. The summed E-state index contributed by atoms with van der Waals surface area (Å²) in [7, 11) is 0. The second kappa shape index (κ2) is 7.39. The number of aliphatic hydroxyl groups excluding tert-OH is 1. The van der Waals surface area contributed by atoms with E-state index in [2.05, 4.69) is 4.90 Å². The van der Waals surface area contributed by atoms with Crippen LogP contribution in [0.3, 0.4) is 0 Å². The molecule has 2 atom stereocenters. The molecule has 0 aromatic heterocycles. The summed E-state index contributed by atoms with van der Waals surface area (Å²) in [4.78, 5) is 2.39. The molecule has 112 valence electrons. The lowest BCUT2D eigenvalue weighted by Crippen LogP contribution is -2.36. The minimum Gasteiger partial charge on any atom is -0.393 e. The third-order valence-electron chi connectivity index (χ3n) is 4.00. The largest absolute Gasteiger partial charge is 0.393 e. The van der Waals surface area contributed by atoms with E-state index in [-0.39, 0.29) is 11.9 Å². The zero-order valence-electron chi connectivity index (χ0n) is 12.0. The van der Waals surface area contributed by atoms with Gasteiger partial charge in [-0.15, -0.1) is 0 Å². The van der Waals surface area contributed by atoms with Crippen molar-refractivity contribution in [3.8, 4) is 0 Å². The maximum absolute atomic E-state index is 13.1. The Morgan fingerprint density at radius 2 is 2.20 bits per heavy atom. The summed E-state index contributed by atoms with van der Waals surface area (Å²) in [6.45, 7) is 3.59. The summed E-state index contributed by atoms with van der Waals surface area (Å²) < 4.78 is 13.1. The predicted octanol–water partition coefficient (Wildman–Crippen LogP) is 3.99. The van der Waals surface area contributed by atoms with Gasteiger partial charge in [0.15, 0.2) is 0 Å². The highest BCUT2D eigenvalue weighted by Gasteiger charge is 2.23. The van der Waals surface area contributed by atoms with Gasteiger partial charge in [-0.1, -0.05) is 30.5 Å². The maximum Gasteiger partial charge on any atom is 0.124 e. The fourth-order valence-corrected chi connectivity index (χ4v) is 3.20. The monoisotopic (exact) mass is 299 g/mol. The number of benzene rings is 1. The van der Waals surface area contributed by atoms with Gasteiger partial charge in [0.1, 0.15) is 5.82 Å². The van der Waals surface area contributed by atoms with Gasteiger partial charge in [-0.05, 0) is 50.4 Å². The molecule has 2 rings (SSSR count). The van der Waals surface area contributed by atoms with E-state index in [1.54, 1.807) is 6.07 Å². The molecule has 1 aromatic carbocycles. The molecule has 0 amide bonds. The van der Waals surface area contributed by atoms with Crippen molar-refractivity contribution in [1.82, 2.24) is 4.90 Å². The number of hydrogen-bond acceptors (Lipinski definition) is 2. The van der Waals surface area contributed by atoms with E-state index in [4.69, 9.17) is 11.6 Å². The summed E-state index contributed by atoms with van der Waals surface area (Å²) >= 11 is 6.13. The standard InChI is InChI=1S/C16H23ClFNO/c1-12(20)9-15-5-3-2-4-8-19(15)11-13-6-7-14(18)10-16(13)17/h6-7,10,12,15,20H,2-5,8-9,11H2,1H3. The first kappa shape index (κ1) is 15.7. The maximum atomic E-state index is 13.1. The van der Waals surface area contributed by atoms with E-state index in [0.29, 0.717) is 11.1 Å². The van der Waals surface area contributed by atoms with E-state index in [0.717, 1.165) is 31.5 Å². The Kier molecular flexibility index (Phi) is 5.82. The summed E-state index contributed by atoms with van der Waals surface area (Å²) in [6, 6.07) is 4.99. The van der Waals surface area contributed by atoms with E-state index >= 15 is 0 Å². The first-order chi connectivity index (χ1) is 9.56. The molecule has 0 radical (unpaired) electrons. The smallest absolute Gasteiger partial charge is 0.124 e. The van der Waals surface area contributed by atoms with Crippen LogP contribution in [0.4, 0.5) is 4.39 Å². The van der Waals surface area contributed by atoms with E-state index in [1.165, 1.54) is 31.4 Å². The van der Waals surface area contributed by atoms with Crippen molar-refractivity contribution in [2.75, 3.05) is 6.54 Å². The van der Waals surface area contributed by atoms with Crippen LogP contribution in [0.15, 0.2) is 18.2 Å². The Balaban J connectivity index is 2.10. The van der Waals surface area contributed by atoms with Crippen molar-refractivity contribution in [2.45, 2.75) is 57.7 Å². The molecule has 1 heterocycles. The Labute approximate surface area is 125 Å². The molecule has 1 saturated heterocycles. The average molecular weight is 300 g/mol. The Hall–Kier alpha value is -0.640. The molecule has 0 aliphatic carbocycles. The van der Waals surface area contributed by atoms with Crippen molar-refractivity contribution in [1.29, 1.82) is 0 Å². The van der Waals surface area contributed by atoms with Gasteiger partial charge >= 0.3 is 0 Å². The Bertz CT molecular complexity index is 438. The first-order valence-electron chi connectivity index (χ1n) is 7.42. The van der Waals surface area contributed by atoms with Crippen LogP contribution in [0, 0.1) is 5.82 Å². The molecule has 1 aliphatic rings. The summed E-state index contributed by atoms with van der Waals surface area (Å²) in [5.41, 5.74) is 0.963. The van der Waals surface area contributed by atoms with Crippen LogP contribution in [0.2, 0.25) is 5.02 Å². The molecular formula is C16H23ClFNO. The average Bonchev–Trinajstić information content (AvgIpc) is 2.58. The lowest BCUT2D eigenvalue weighted by Gasteiger charge is -2.31. The normalized spacial score (nSPS) is 22.5. The van der Waals surface area contributed by atoms with Gasteiger partial charge in [0.2, 0.25) is 0 Å². The molecule has 1 fully saturated rings. The zero-order valence-corrected chi connectivity index (χ0v) is 12.7. The Morgan fingerprint density at radius 3 is 2.90 bits per heavy atom.